The Labute approximate surface area is 101 Å². The van der Waals surface area contributed by atoms with Crippen LogP contribution in [0.3, 0.4) is 0 Å². The van der Waals surface area contributed by atoms with Crippen LogP contribution in [0.2, 0.25) is 0 Å². The predicted octanol–water partition coefficient (Wildman–Crippen LogP) is 1.96. The van der Waals surface area contributed by atoms with Gasteiger partial charge >= 0.3 is 0 Å². The number of aryl methyl sites for hydroxylation is 1. The van der Waals surface area contributed by atoms with Crippen molar-refractivity contribution in [3.8, 4) is 0 Å². The Morgan fingerprint density at radius 2 is 2.00 bits per heavy atom. The minimum atomic E-state index is 0.613. The van der Waals surface area contributed by atoms with Crippen LogP contribution in [0.1, 0.15) is 17.1 Å². The number of ether oxygens (including phenoxy) is 2. The maximum absolute atomic E-state index is 5.37. The minimum Gasteiger partial charge on any atom is -0.382 e. The van der Waals surface area contributed by atoms with Gasteiger partial charge in [-0.05, 0) is 13.8 Å². The SMILES string of the molecule is COCCOCCc1nc(=S)c(C)c(C)[nH]1. The maximum Gasteiger partial charge on any atom is 0.132 e. The van der Waals surface area contributed by atoms with E-state index in [0.717, 1.165) is 23.5 Å². The number of nitrogens with zero attached hydrogens (tertiary/aromatic N) is 1. The Bertz CT molecular complexity index is 390. The highest BCUT2D eigenvalue weighted by Gasteiger charge is 2.01. The molecule has 0 amide bonds. The molecule has 4 nitrogen and oxygen atoms in total. The highest BCUT2D eigenvalue weighted by molar-refractivity contribution is 7.71. The van der Waals surface area contributed by atoms with Crippen LogP contribution in [0.25, 0.3) is 0 Å². The molecule has 0 atom stereocenters. The molecule has 1 aromatic heterocycles. The smallest absolute Gasteiger partial charge is 0.132 e. The molecular weight excluding hydrogens is 224 g/mol. The van der Waals surface area contributed by atoms with Crippen molar-refractivity contribution in [3.63, 3.8) is 0 Å². The van der Waals surface area contributed by atoms with E-state index in [-0.39, 0.29) is 0 Å². The lowest BCUT2D eigenvalue weighted by Crippen LogP contribution is -2.08. The van der Waals surface area contributed by atoms with Crippen LogP contribution in [0.4, 0.5) is 0 Å². The second-order valence-corrected chi connectivity index (χ2v) is 3.98. The monoisotopic (exact) mass is 242 g/mol. The van der Waals surface area contributed by atoms with Crippen molar-refractivity contribution in [1.29, 1.82) is 0 Å². The molecule has 0 aliphatic heterocycles. The van der Waals surface area contributed by atoms with Crippen LogP contribution < -0.4 is 0 Å². The van der Waals surface area contributed by atoms with Gasteiger partial charge in [0.2, 0.25) is 0 Å². The lowest BCUT2D eigenvalue weighted by atomic mass is 10.2. The third-order valence-electron chi connectivity index (χ3n) is 2.37. The summed E-state index contributed by atoms with van der Waals surface area (Å²) in [5, 5.41) is 0. The van der Waals surface area contributed by atoms with Gasteiger partial charge in [-0.3, -0.25) is 0 Å². The highest BCUT2D eigenvalue weighted by Crippen LogP contribution is 2.05. The first-order valence-corrected chi connectivity index (χ1v) is 5.69. The molecule has 1 rings (SSSR count). The lowest BCUT2D eigenvalue weighted by Gasteiger charge is -2.06. The summed E-state index contributed by atoms with van der Waals surface area (Å²) in [5.74, 6) is 0.880. The number of rotatable bonds is 6. The van der Waals surface area contributed by atoms with E-state index < -0.39 is 0 Å². The quantitative estimate of drug-likeness (QED) is 0.612. The molecule has 0 fully saturated rings. The van der Waals surface area contributed by atoms with Crippen molar-refractivity contribution in [3.05, 3.63) is 21.7 Å². The molecule has 0 saturated heterocycles. The summed E-state index contributed by atoms with van der Waals surface area (Å²) in [6.45, 7) is 5.84. The van der Waals surface area contributed by atoms with E-state index in [2.05, 4.69) is 9.97 Å². The first-order chi connectivity index (χ1) is 7.65. The van der Waals surface area contributed by atoms with E-state index in [1.165, 1.54) is 0 Å². The summed E-state index contributed by atoms with van der Waals surface area (Å²) >= 11 is 5.16. The van der Waals surface area contributed by atoms with Gasteiger partial charge < -0.3 is 14.5 Å². The van der Waals surface area contributed by atoms with Gasteiger partial charge in [-0.15, -0.1) is 0 Å². The second-order valence-electron chi connectivity index (χ2n) is 3.59. The molecule has 0 radical (unpaired) electrons. The Balaban J connectivity index is 2.46. The van der Waals surface area contributed by atoms with Gasteiger partial charge in [0, 0.05) is 24.8 Å². The van der Waals surface area contributed by atoms with Gasteiger partial charge in [0.15, 0.2) is 0 Å². The van der Waals surface area contributed by atoms with E-state index >= 15 is 0 Å². The number of H-pyrrole nitrogens is 1. The number of hydrogen-bond donors (Lipinski definition) is 1. The number of aromatic amines is 1. The van der Waals surface area contributed by atoms with Crippen LogP contribution in [-0.4, -0.2) is 36.9 Å². The van der Waals surface area contributed by atoms with Crippen molar-refractivity contribution in [2.75, 3.05) is 26.9 Å². The van der Waals surface area contributed by atoms with Crippen LogP contribution in [-0.2, 0) is 15.9 Å². The zero-order valence-corrected chi connectivity index (χ0v) is 10.8. The molecule has 0 aliphatic rings. The highest BCUT2D eigenvalue weighted by atomic mass is 32.1. The zero-order chi connectivity index (χ0) is 12.0. The Kier molecular flexibility index (Phi) is 5.59. The van der Waals surface area contributed by atoms with Gasteiger partial charge in [-0.1, -0.05) is 12.2 Å². The lowest BCUT2D eigenvalue weighted by molar-refractivity contribution is 0.0716. The van der Waals surface area contributed by atoms with Crippen LogP contribution >= 0.6 is 12.2 Å². The summed E-state index contributed by atoms with van der Waals surface area (Å²) < 4.78 is 10.9. The first-order valence-electron chi connectivity index (χ1n) is 5.28. The molecule has 0 unspecified atom stereocenters. The fourth-order valence-corrected chi connectivity index (χ4v) is 1.50. The van der Waals surface area contributed by atoms with Gasteiger partial charge in [0.05, 0.1) is 19.8 Å². The third kappa shape index (κ3) is 4.00. The summed E-state index contributed by atoms with van der Waals surface area (Å²) in [6, 6.07) is 0. The number of nitrogens with one attached hydrogen (secondary N) is 1. The summed E-state index contributed by atoms with van der Waals surface area (Å²) in [7, 11) is 1.66. The molecule has 16 heavy (non-hydrogen) atoms. The molecule has 0 aromatic carbocycles. The van der Waals surface area contributed by atoms with E-state index in [4.69, 9.17) is 21.7 Å². The fraction of sp³-hybridized carbons (Fsp3) is 0.636. The first kappa shape index (κ1) is 13.3. The average Bonchev–Trinajstić information content (AvgIpc) is 2.25. The normalized spacial score (nSPS) is 10.7. The van der Waals surface area contributed by atoms with Gasteiger partial charge in [0.1, 0.15) is 10.5 Å². The number of methoxy groups -OCH3 is 1. The Morgan fingerprint density at radius 1 is 1.25 bits per heavy atom. The number of hydrogen-bond acceptors (Lipinski definition) is 4. The minimum absolute atomic E-state index is 0.613. The Hall–Kier alpha value is -0.780. The standard InChI is InChI=1S/C11H18N2O2S/c1-8-9(2)12-10(13-11(8)16)4-5-15-7-6-14-3/h4-7H2,1-3H3,(H,12,13,16). The summed E-state index contributed by atoms with van der Waals surface area (Å²) in [5.41, 5.74) is 2.12. The van der Waals surface area contributed by atoms with Crippen molar-refractivity contribution >= 4 is 12.2 Å². The molecule has 0 aliphatic carbocycles. The molecule has 0 saturated carbocycles. The molecule has 1 heterocycles. The molecule has 90 valence electrons. The molecule has 0 spiro atoms. The van der Waals surface area contributed by atoms with Gasteiger partial charge in [0.25, 0.3) is 0 Å². The molecular formula is C11H18N2O2S. The van der Waals surface area contributed by atoms with E-state index in [9.17, 15) is 0 Å². The Morgan fingerprint density at radius 3 is 2.62 bits per heavy atom. The largest absolute Gasteiger partial charge is 0.382 e. The van der Waals surface area contributed by atoms with Crippen LogP contribution in [0.15, 0.2) is 0 Å². The predicted molar refractivity (Wildman–Crippen MR) is 65.3 cm³/mol. The molecule has 0 bridgehead atoms. The van der Waals surface area contributed by atoms with Gasteiger partial charge in [-0.2, -0.15) is 0 Å². The van der Waals surface area contributed by atoms with E-state index in [1.807, 2.05) is 13.8 Å². The topological polar surface area (TPSA) is 47.1 Å². The maximum atomic E-state index is 5.37. The van der Waals surface area contributed by atoms with Crippen molar-refractivity contribution < 1.29 is 9.47 Å². The summed E-state index contributed by atoms with van der Waals surface area (Å²) in [4.78, 5) is 7.52. The fourth-order valence-electron chi connectivity index (χ4n) is 1.24. The zero-order valence-electron chi connectivity index (χ0n) is 10.0. The number of aromatic nitrogens is 2. The summed E-state index contributed by atoms with van der Waals surface area (Å²) in [6.07, 6.45) is 0.745. The van der Waals surface area contributed by atoms with Crippen LogP contribution in [0.5, 0.6) is 0 Å². The van der Waals surface area contributed by atoms with Crippen LogP contribution in [0, 0.1) is 18.5 Å². The second kappa shape index (κ2) is 6.73. The average molecular weight is 242 g/mol. The third-order valence-corrected chi connectivity index (χ3v) is 2.76. The van der Waals surface area contributed by atoms with E-state index in [0.29, 0.717) is 24.5 Å². The van der Waals surface area contributed by atoms with Crippen molar-refractivity contribution in [1.82, 2.24) is 9.97 Å². The van der Waals surface area contributed by atoms with Gasteiger partial charge in [-0.25, -0.2) is 4.98 Å². The van der Waals surface area contributed by atoms with Crippen molar-refractivity contribution in [2.45, 2.75) is 20.3 Å². The molecule has 1 N–H and O–H groups in total. The van der Waals surface area contributed by atoms with Crippen molar-refractivity contribution in [2.24, 2.45) is 0 Å². The van der Waals surface area contributed by atoms with E-state index in [1.54, 1.807) is 7.11 Å². The molecule has 1 aromatic rings. The molecule has 5 heteroatoms.